The number of aromatic nitrogens is 2. The van der Waals surface area contributed by atoms with E-state index in [0.717, 1.165) is 24.1 Å². The molecule has 3 rings (SSSR count). The van der Waals surface area contributed by atoms with Crippen LogP contribution >= 0.6 is 0 Å². The zero-order valence-corrected chi connectivity index (χ0v) is 13.9. The predicted molar refractivity (Wildman–Crippen MR) is 91.1 cm³/mol. The standard InChI is InChI=1S/C18H24N4O2/c1-21-16(7-10-20-21)13-19-18(24)22-11-8-15(9-12-22)17(23)14-5-3-2-4-6-14/h2-7,10,15,17,23H,8-9,11-13H2,1H3,(H,19,24). The molecule has 6 nitrogen and oxygen atoms in total. The van der Waals surface area contributed by atoms with E-state index < -0.39 is 6.10 Å². The topological polar surface area (TPSA) is 70.4 Å². The highest BCUT2D eigenvalue weighted by Crippen LogP contribution is 2.30. The first-order valence-electron chi connectivity index (χ1n) is 8.38. The quantitative estimate of drug-likeness (QED) is 0.903. The number of carbonyl (C=O) groups excluding carboxylic acids is 1. The first-order valence-corrected chi connectivity index (χ1v) is 8.38. The predicted octanol–water partition coefficient (Wildman–Crippen LogP) is 2.08. The molecule has 0 radical (unpaired) electrons. The van der Waals surface area contributed by atoms with E-state index in [9.17, 15) is 9.90 Å². The van der Waals surface area contributed by atoms with Crippen LogP contribution in [-0.2, 0) is 13.6 Å². The van der Waals surface area contributed by atoms with Crippen LogP contribution in [0.4, 0.5) is 4.79 Å². The van der Waals surface area contributed by atoms with E-state index in [1.165, 1.54) is 0 Å². The number of aliphatic hydroxyl groups is 1. The van der Waals surface area contributed by atoms with Crippen LogP contribution in [0.15, 0.2) is 42.6 Å². The SMILES string of the molecule is Cn1nccc1CNC(=O)N1CCC(C(O)c2ccccc2)CC1. The molecule has 1 fully saturated rings. The number of hydrogen-bond donors (Lipinski definition) is 2. The van der Waals surface area contributed by atoms with Crippen LogP contribution in [0.2, 0.25) is 0 Å². The van der Waals surface area contributed by atoms with Crippen molar-refractivity contribution in [1.82, 2.24) is 20.0 Å². The van der Waals surface area contributed by atoms with Gasteiger partial charge in [0.05, 0.1) is 18.3 Å². The van der Waals surface area contributed by atoms with Gasteiger partial charge in [-0.25, -0.2) is 4.79 Å². The minimum Gasteiger partial charge on any atom is -0.388 e. The summed E-state index contributed by atoms with van der Waals surface area (Å²) in [7, 11) is 1.86. The molecule has 0 bridgehead atoms. The fourth-order valence-corrected chi connectivity index (χ4v) is 3.19. The van der Waals surface area contributed by atoms with Crippen LogP contribution in [0.1, 0.15) is 30.2 Å². The monoisotopic (exact) mass is 328 g/mol. The Kier molecular flexibility index (Phi) is 5.15. The molecule has 0 spiro atoms. The number of urea groups is 1. The molecule has 1 aromatic carbocycles. The van der Waals surface area contributed by atoms with Gasteiger partial charge in [0.15, 0.2) is 0 Å². The number of hydrogen-bond acceptors (Lipinski definition) is 3. The second-order valence-corrected chi connectivity index (χ2v) is 6.28. The van der Waals surface area contributed by atoms with Gasteiger partial charge in [0, 0.05) is 26.3 Å². The number of benzene rings is 1. The Balaban J connectivity index is 1.48. The highest BCUT2D eigenvalue weighted by atomic mass is 16.3. The van der Waals surface area contributed by atoms with E-state index in [-0.39, 0.29) is 11.9 Å². The molecule has 2 N–H and O–H groups in total. The lowest BCUT2D eigenvalue weighted by molar-refractivity contribution is 0.0665. The molecule has 1 aliphatic heterocycles. The Morgan fingerprint density at radius 3 is 2.62 bits per heavy atom. The average molecular weight is 328 g/mol. The molecule has 6 heteroatoms. The van der Waals surface area contributed by atoms with Crippen LogP contribution in [-0.4, -0.2) is 38.9 Å². The minimum atomic E-state index is -0.453. The fraction of sp³-hybridized carbons (Fsp3) is 0.444. The number of likely N-dealkylation sites (tertiary alicyclic amines) is 1. The third-order valence-corrected chi connectivity index (χ3v) is 4.76. The van der Waals surface area contributed by atoms with Gasteiger partial charge in [-0.15, -0.1) is 0 Å². The van der Waals surface area contributed by atoms with Crippen molar-refractivity contribution >= 4 is 6.03 Å². The second-order valence-electron chi connectivity index (χ2n) is 6.28. The van der Waals surface area contributed by atoms with E-state index in [2.05, 4.69) is 10.4 Å². The van der Waals surface area contributed by atoms with E-state index in [4.69, 9.17) is 0 Å². The van der Waals surface area contributed by atoms with Gasteiger partial charge in [-0.05, 0) is 30.4 Å². The van der Waals surface area contributed by atoms with Gasteiger partial charge in [0.25, 0.3) is 0 Å². The van der Waals surface area contributed by atoms with E-state index in [1.807, 2.05) is 48.3 Å². The van der Waals surface area contributed by atoms with Gasteiger partial charge in [0.1, 0.15) is 0 Å². The molecule has 1 saturated heterocycles. The van der Waals surface area contributed by atoms with Gasteiger partial charge < -0.3 is 15.3 Å². The Morgan fingerprint density at radius 2 is 2.00 bits per heavy atom. The summed E-state index contributed by atoms with van der Waals surface area (Å²) in [5.74, 6) is 0.202. The van der Waals surface area contributed by atoms with Crippen molar-refractivity contribution < 1.29 is 9.90 Å². The van der Waals surface area contributed by atoms with Gasteiger partial charge >= 0.3 is 6.03 Å². The number of carbonyl (C=O) groups is 1. The van der Waals surface area contributed by atoms with Crippen LogP contribution < -0.4 is 5.32 Å². The van der Waals surface area contributed by atoms with Crippen LogP contribution in [0, 0.1) is 5.92 Å². The number of nitrogens with zero attached hydrogens (tertiary/aromatic N) is 3. The first kappa shape index (κ1) is 16.5. The zero-order valence-electron chi connectivity index (χ0n) is 13.9. The van der Waals surface area contributed by atoms with Crippen molar-refractivity contribution in [2.45, 2.75) is 25.5 Å². The van der Waals surface area contributed by atoms with E-state index >= 15 is 0 Å². The lowest BCUT2D eigenvalue weighted by atomic mass is 9.87. The summed E-state index contributed by atoms with van der Waals surface area (Å²) < 4.78 is 1.75. The molecule has 128 valence electrons. The maximum Gasteiger partial charge on any atom is 0.317 e. The Morgan fingerprint density at radius 1 is 1.29 bits per heavy atom. The average Bonchev–Trinajstić information content (AvgIpc) is 3.05. The van der Waals surface area contributed by atoms with Crippen molar-refractivity contribution in [3.05, 3.63) is 53.9 Å². The molecule has 24 heavy (non-hydrogen) atoms. The highest BCUT2D eigenvalue weighted by Gasteiger charge is 2.28. The molecule has 0 saturated carbocycles. The summed E-state index contributed by atoms with van der Waals surface area (Å²) in [6.45, 7) is 1.82. The highest BCUT2D eigenvalue weighted by molar-refractivity contribution is 5.74. The van der Waals surface area contributed by atoms with Crippen molar-refractivity contribution in [2.75, 3.05) is 13.1 Å². The summed E-state index contributed by atoms with van der Waals surface area (Å²) in [6.07, 6.45) is 2.90. The summed E-state index contributed by atoms with van der Waals surface area (Å²) in [5.41, 5.74) is 1.93. The fourth-order valence-electron chi connectivity index (χ4n) is 3.19. The summed E-state index contributed by atoms with van der Waals surface area (Å²) in [6, 6.07) is 11.6. The second kappa shape index (κ2) is 7.49. The summed E-state index contributed by atoms with van der Waals surface area (Å²) in [4.78, 5) is 14.1. The van der Waals surface area contributed by atoms with Crippen LogP contribution in [0.3, 0.4) is 0 Å². The maximum absolute atomic E-state index is 12.3. The number of rotatable bonds is 4. The molecule has 1 aromatic heterocycles. The van der Waals surface area contributed by atoms with Crippen LogP contribution in [0.5, 0.6) is 0 Å². The maximum atomic E-state index is 12.3. The molecule has 1 aliphatic rings. The third-order valence-electron chi connectivity index (χ3n) is 4.76. The van der Waals surface area contributed by atoms with Gasteiger partial charge in [-0.2, -0.15) is 5.10 Å². The lowest BCUT2D eigenvalue weighted by Crippen LogP contribution is -2.45. The van der Waals surface area contributed by atoms with Crippen molar-refractivity contribution in [2.24, 2.45) is 13.0 Å². The number of amides is 2. The third kappa shape index (κ3) is 3.76. The normalized spacial score (nSPS) is 16.8. The Bertz CT molecular complexity index is 663. The number of piperidine rings is 1. The molecule has 2 amide bonds. The van der Waals surface area contributed by atoms with Gasteiger partial charge in [-0.3, -0.25) is 4.68 Å². The summed E-state index contributed by atoms with van der Waals surface area (Å²) >= 11 is 0. The number of aryl methyl sites for hydroxylation is 1. The Labute approximate surface area is 142 Å². The number of nitrogens with one attached hydrogen (secondary N) is 1. The molecular weight excluding hydrogens is 304 g/mol. The largest absolute Gasteiger partial charge is 0.388 e. The molecule has 0 aliphatic carbocycles. The molecule has 1 atom stereocenters. The van der Waals surface area contributed by atoms with E-state index in [0.29, 0.717) is 19.6 Å². The van der Waals surface area contributed by atoms with Crippen molar-refractivity contribution in [3.8, 4) is 0 Å². The molecule has 1 unspecified atom stereocenters. The Hall–Kier alpha value is -2.34. The zero-order chi connectivity index (χ0) is 16.9. The number of aliphatic hydroxyl groups excluding tert-OH is 1. The van der Waals surface area contributed by atoms with Gasteiger partial charge in [0.2, 0.25) is 0 Å². The smallest absolute Gasteiger partial charge is 0.317 e. The first-order chi connectivity index (χ1) is 11.6. The molecule has 2 heterocycles. The van der Waals surface area contributed by atoms with Crippen molar-refractivity contribution in [3.63, 3.8) is 0 Å². The van der Waals surface area contributed by atoms with E-state index in [1.54, 1.807) is 10.9 Å². The lowest BCUT2D eigenvalue weighted by Gasteiger charge is -2.34. The molecular formula is C18H24N4O2. The minimum absolute atomic E-state index is 0.0520. The van der Waals surface area contributed by atoms with Gasteiger partial charge in [-0.1, -0.05) is 30.3 Å². The van der Waals surface area contributed by atoms with Crippen LogP contribution in [0.25, 0.3) is 0 Å². The molecule has 2 aromatic rings. The van der Waals surface area contributed by atoms with Crippen molar-refractivity contribution in [1.29, 1.82) is 0 Å². The summed E-state index contributed by atoms with van der Waals surface area (Å²) in [5, 5.41) is 17.5.